The van der Waals surface area contributed by atoms with Crippen LogP contribution in [0.5, 0.6) is 5.75 Å². The van der Waals surface area contributed by atoms with Gasteiger partial charge in [-0.3, -0.25) is 9.78 Å². The maximum atomic E-state index is 12.4. The number of carbonyl (C=O) groups is 1. The van der Waals surface area contributed by atoms with Crippen molar-refractivity contribution in [2.24, 2.45) is 0 Å². The number of alkyl halides is 3. The fourth-order valence-corrected chi connectivity index (χ4v) is 2.87. The first-order valence-electron chi connectivity index (χ1n) is 8.37. The number of nitrogens with zero attached hydrogens (tertiary/aromatic N) is 2. The number of carbonyl (C=O) groups excluding carboxylic acids is 1. The first-order valence-corrected chi connectivity index (χ1v) is 8.37. The summed E-state index contributed by atoms with van der Waals surface area (Å²) in [6.45, 7) is 11.0. The first-order chi connectivity index (χ1) is 13.8. The number of hydrogen-bond donors (Lipinski definition) is 1. The van der Waals surface area contributed by atoms with Crippen molar-refractivity contribution >= 4 is 22.5 Å². The molecule has 0 spiro atoms. The van der Waals surface area contributed by atoms with Gasteiger partial charge in [0.2, 0.25) is 11.6 Å². The van der Waals surface area contributed by atoms with E-state index in [1.165, 1.54) is 24.3 Å². The molecule has 0 bridgehead atoms. The fourth-order valence-electron chi connectivity index (χ4n) is 2.87. The number of aromatic nitrogens is 1. The third-order valence-electron chi connectivity index (χ3n) is 4.09. The van der Waals surface area contributed by atoms with E-state index in [1.807, 2.05) is 0 Å². The average molecular weight is 397 g/mol. The Morgan fingerprint density at radius 3 is 2.62 bits per heavy atom. The standard InChI is InChI=1S/C21H14F3N3O2/c1-3-18(28)27-12-14-11-17(20-16(19(14)25-2)5-4-10-26-20)13-6-8-15(9-7-13)29-21(22,23)24/h3-11H,1,12H2,(H,27,28). The Hall–Kier alpha value is -3.86. The average Bonchev–Trinajstić information content (AvgIpc) is 2.70. The van der Waals surface area contributed by atoms with Crippen LogP contribution in [0.3, 0.4) is 0 Å². The van der Waals surface area contributed by atoms with Gasteiger partial charge in [0.25, 0.3) is 0 Å². The van der Waals surface area contributed by atoms with E-state index < -0.39 is 6.36 Å². The quantitative estimate of drug-likeness (QED) is 0.478. The van der Waals surface area contributed by atoms with Crippen molar-refractivity contribution in [1.82, 2.24) is 10.3 Å². The van der Waals surface area contributed by atoms with Gasteiger partial charge >= 0.3 is 6.36 Å². The molecule has 0 fully saturated rings. The highest BCUT2D eigenvalue weighted by molar-refractivity contribution is 6.03. The topological polar surface area (TPSA) is 55.6 Å². The van der Waals surface area contributed by atoms with Crippen LogP contribution in [0.4, 0.5) is 18.9 Å². The van der Waals surface area contributed by atoms with E-state index >= 15 is 0 Å². The van der Waals surface area contributed by atoms with E-state index in [9.17, 15) is 18.0 Å². The molecule has 3 aromatic rings. The highest BCUT2D eigenvalue weighted by Crippen LogP contribution is 2.37. The fraction of sp³-hybridized carbons (Fsp3) is 0.0952. The summed E-state index contributed by atoms with van der Waals surface area (Å²) < 4.78 is 41.1. The minimum absolute atomic E-state index is 0.0929. The number of pyridine rings is 1. The van der Waals surface area contributed by atoms with Crippen LogP contribution < -0.4 is 10.1 Å². The molecule has 2 aromatic carbocycles. The monoisotopic (exact) mass is 397 g/mol. The molecule has 1 amide bonds. The van der Waals surface area contributed by atoms with Gasteiger partial charge in [-0.1, -0.05) is 30.8 Å². The molecule has 29 heavy (non-hydrogen) atoms. The van der Waals surface area contributed by atoms with Crippen LogP contribution in [0.15, 0.2) is 61.3 Å². The van der Waals surface area contributed by atoms with Gasteiger partial charge in [0.05, 0.1) is 12.1 Å². The summed E-state index contributed by atoms with van der Waals surface area (Å²) in [5.41, 5.74) is 2.65. The summed E-state index contributed by atoms with van der Waals surface area (Å²) in [5.74, 6) is -0.725. The molecule has 5 nitrogen and oxygen atoms in total. The van der Waals surface area contributed by atoms with Crippen molar-refractivity contribution in [3.8, 4) is 16.9 Å². The molecule has 1 N–H and O–H groups in total. The molecule has 0 radical (unpaired) electrons. The van der Waals surface area contributed by atoms with E-state index in [1.54, 1.807) is 24.4 Å². The third-order valence-corrected chi connectivity index (χ3v) is 4.09. The molecular formula is C21H14F3N3O2. The molecule has 0 saturated carbocycles. The van der Waals surface area contributed by atoms with E-state index in [0.29, 0.717) is 33.3 Å². The lowest BCUT2D eigenvalue weighted by Crippen LogP contribution is -2.20. The maximum Gasteiger partial charge on any atom is 0.573 e. The number of hydrogen-bond acceptors (Lipinski definition) is 3. The summed E-state index contributed by atoms with van der Waals surface area (Å²) in [7, 11) is 0. The van der Waals surface area contributed by atoms with Gasteiger partial charge in [0.15, 0.2) is 0 Å². The van der Waals surface area contributed by atoms with Crippen LogP contribution in [0.2, 0.25) is 0 Å². The van der Waals surface area contributed by atoms with Gasteiger partial charge in [-0.05, 0) is 35.4 Å². The van der Waals surface area contributed by atoms with Crippen molar-refractivity contribution < 1.29 is 22.7 Å². The minimum Gasteiger partial charge on any atom is -0.406 e. The summed E-state index contributed by atoms with van der Waals surface area (Å²) in [6.07, 6.45) is -2.08. The van der Waals surface area contributed by atoms with Gasteiger partial charge in [0.1, 0.15) is 5.75 Å². The Kier molecular flexibility index (Phi) is 5.50. The second kappa shape index (κ2) is 8.02. The summed E-state index contributed by atoms with van der Waals surface area (Å²) in [4.78, 5) is 19.5. The van der Waals surface area contributed by atoms with Gasteiger partial charge in [-0.15, -0.1) is 13.2 Å². The third kappa shape index (κ3) is 4.52. The zero-order valence-electron chi connectivity index (χ0n) is 15.0. The van der Waals surface area contributed by atoms with Crippen molar-refractivity contribution in [2.45, 2.75) is 12.9 Å². The summed E-state index contributed by atoms with van der Waals surface area (Å²) in [5, 5.41) is 3.22. The van der Waals surface area contributed by atoms with Crippen molar-refractivity contribution in [1.29, 1.82) is 0 Å². The van der Waals surface area contributed by atoms with Crippen LogP contribution in [0.1, 0.15) is 5.56 Å². The lowest BCUT2D eigenvalue weighted by Gasteiger charge is -2.14. The molecule has 0 saturated heterocycles. The van der Waals surface area contributed by atoms with Crippen LogP contribution in [-0.4, -0.2) is 17.3 Å². The van der Waals surface area contributed by atoms with E-state index in [-0.39, 0.29) is 18.2 Å². The Balaban J connectivity index is 2.10. The minimum atomic E-state index is -4.77. The molecule has 146 valence electrons. The zero-order valence-corrected chi connectivity index (χ0v) is 15.0. The number of amides is 1. The second-order valence-corrected chi connectivity index (χ2v) is 5.94. The first kappa shape index (κ1) is 19.9. The predicted octanol–water partition coefficient (Wildman–Crippen LogP) is 5.15. The van der Waals surface area contributed by atoms with Crippen molar-refractivity contribution in [3.63, 3.8) is 0 Å². The largest absolute Gasteiger partial charge is 0.573 e. The number of ether oxygens (including phenoxy) is 1. The van der Waals surface area contributed by atoms with Gasteiger partial charge in [0, 0.05) is 23.7 Å². The smallest absolute Gasteiger partial charge is 0.406 e. The molecule has 8 heteroatoms. The Labute approximate surface area is 164 Å². The lowest BCUT2D eigenvalue weighted by molar-refractivity contribution is -0.274. The molecule has 3 rings (SSSR count). The highest BCUT2D eigenvalue weighted by Gasteiger charge is 2.31. The Morgan fingerprint density at radius 1 is 1.28 bits per heavy atom. The van der Waals surface area contributed by atoms with Crippen LogP contribution >= 0.6 is 0 Å². The van der Waals surface area contributed by atoms with Crippen molar-refractivity contribution in [2.75, 3.05) is 0 Å². The maximum absolute atomic E-state index is 12.4. The number of fused-ring (bicyclic) bond motifs is 1. The Morgan fingerprint density at radius 2 is 2.00 bits per heavy atom. The summed E-state index contributed by atoms with van der Waals surface area (Å²) in [6, 6.07) is 10.5. The Bertz CT molecular complexity index is 1120. The molecule has 0 atom stereocenters. The second-order valence-electron chi connectivity index (χ2n) is 5.94. The summed E-state index contributed by atoms with van der Waals surface area (Å²) >= 11 is 0. The number of halogens is 3. The molecular weight excluding hydrogens is 383 g/mol. The van der Waals surface area contributed by atoms with Crippen LogP contribution in [0, 0.1) is 6.57 Å². The molecule has 0 aliphatic carbocycles. The van der Waals surface area contributed by atoms with Crippen molar-refractivity contribution in [3.05, 3.63) is 78.3 Å². The molecule has 0 unspecified atom stereocenters. The predicted molar refractivity (Wildman–Crippen MR) is 102 cm³/mol. The highest BCUT2D eigenvalue weighted by atomic mass is 19.4. The zero-order chi connectivity index (χ0) is 21.0. The van der Waals surface area contributed by atoms with Crippen LogP contribution in [-0.2, 0) is 11.3 Å². The molecule has 0 aliphatic heterocycles. The SMILES string of the molecule is [C-]#[N+]c1c(CNC(=O)C=C)cc(-c2ccc(OC(F)(F)F)cc2)c2ncccc12. The normalized spacial score (nSPS) is 11.0. The van der Waals surface area contributed by atoms with Crippen LogP contribution in [0.25, 0.3) is 26.9 Å². The number of nitrogens with one attached hydrogen (secondary N) is 1. The van der Waals surface area contributed by atoms with E-state index in [0.717, 1.165) is 6.08 Å². The van der Waals surface area contributed by atoms with Gasteiger partial charge in [-0.2, -0.15) is 0 Å². The van der Waals surface area contributed by atoms with E-state index in [4.69, 9.17) is 6.57 Å². The molecule has 1 heterocycles. The van der Waals surface area contributed by atoms with E-state index in [2.05, 4.69) is 26.5 Å². The van der Waals surface area contributed by atoms with Gasteiger partial charge < -0.3 is 10.1 Å². The number of rotatable bonds is 5. The molecule has 0 aliphatic rings. The molecule has 1 aromatic heterocycles. The van der Waals surface area contributed by atoms with Gasteiger partial charge in [-0.25, -0.2) is 4.85 Å². The number of benzene rings is 2. The lowest BCUT2D eigenvalue weighted by atomic mass is 9.97.